The molecule has 78 valence electrons. The van der Waals surface area contributed by atoms with E-state index in [4.69, 9.17) is 17.3 Å². The second-order valence-electron chi connectivity index (χ2n) is 2.20. The topological polar surface area (TPSA) is 38.9 Å². The maximum atomic E-state index is 5.83. The number of rotatable bonds is 1. The average Bonchev–Trinajstić information content (AvgIpc) is 2.09. The molecule has 1 heterocycles. The van der Waals surface area contributed by atoms with E-state index in [-0.39, 0.29) is 24.8 Å². The van der Waals surface area contributed by atoms with Crippen molar-refractivity contribution in [3.8, 4) is 11.8 Å². The van der Waals surface area contributed by atoms with Crippen LogP contribution in [-0.2, 0) is 0 Å². The summed E-state index contributed by atoms with van der Waals surface area (Å²) < 4.78 is 0. The highest BCUT2D eigenvalue weighted by molar-refractivity contribution is 6.31. The summed E-state index contributed by atoms with van der Waals surface area (Å²) in [6.07, 6.45) is 3.97. The van der Waals surface area contributed by atoms with Gasteiger partial charge in [0.05, 0.1) is 10.6 Å². The van der Waals surface area contributed by atoms with E-state index in [1.54, 1.807) is 18.5 Å². The molecule has 0 spiro atoms. The van der Waals surface area contributed by atoms with Crippen LogP contribution >= 0.6 is 36.4 Å². The molecule has 0 amide bonds. The Labute approximate surface area is 101 Å². The molecule has 0 radical (unpaired) electrons. The van der Waals surface area contributed by atoms with Crippen molar-refractivity contribution < 1.29 is 0 Å². The SMILES string of the molecule is Cl.Cl.NCCC#Cc1cnccc1Cl. The molecule has 1 rings (SSSR count). The van der Waals surface area contributed by atoms with Crippen molar-refractivity contribution >= 4 is 36.4 Å². The summed E-state index contributed by atoms with van der Waals surface area (Å²) in [6, 6.07) is 1.72. The van der Waals surface area contributed by atoms with E-state index in [0.29, 0.717) is 18.0 Å². The number of hydrogen-bond acceptors (Lipinski definition) is 2. The second kappa shape index (κ2) is 9.11. The molecule has 0 aliphatic carbocycles. The summed E-state index contributed by atoms with van der Waals surface area (Å²) in [7, 11) is 0. The van der Waals surface area contributed by atoms with Crippen LogP contribution in [0.2, 0.25) is 5.02 Å². The van der Waals surface area contributed by atoms with E-state index >= 15 is 0 Å². The van der Waals surface area contributed by atoms with Gasteiger partial charge < -0.3 is 5.73 Å². The molecule has 14 heavy (non-hydrogen) atoms. The molecule has 0 aliphatic rings. The zero-order valence-corrected chi connectivity index (χ0v) is 9.75. The van der Waals surface area contributed by atoms with Gasteiger partial charge in [0.15, 0.2) is 0 Å². The molecule has 0 aliphatic heterocycles. The van der Waals surface area contributed by atoms with Gasteiger partial charge in [-0.15, -0.1) is 24.8 Å². The standard InChI is InChI=1S/C9H9ClN2.2ClH/c10-9-4-6-12-7-8(9)3-1-2-5-11;;/h4,6-7H,2,5,11H2;2*1H. The van der Waals surface area contributed by atoms with Crippen LogP contribution in [0.3, 0.4) is 0 Å². The van der Waals surface area contributed by atoms with E-state index in [1.165, 1.54) is 0 Å². The zero-order chi connectivity index (χ0) is 8.81. The highest BCUT2D eigenvalue weighted by Crippen LogP contribution is 2.11. The van der Waals surface area contributed by atoms with E-state index in [0.717, 1.165) is 5.56 Å². The van der Waals surface area contributed by atoms with E-state index in [9.17, 15) is 0 Å². The summed E-state index contributed by atoms with van der Waals surface area (Å²) in [4.78, 5) is 3.91. The fourth-order valence-corrected chi connectivity index (χ4v) is 0.852. The first-order chi connectivity index (χ1) is 5.84. The third kappa shape index (κ3) is 5.31. The van der Waals surface area contributed by atoms with Crippen molar-refractivity contribution in [1.29, 1.82) is 0 Å². The molecule has 0 saturated carbocycles. The largest absolute Gasteiger partial charge is 0.330 e. The monoisotopic (exact) mass is 252 g/mol. The molecule has 0 unspecified atom stereocenters. The van der Waals surface area contributed by atoms with Gasteiger partial charge in [0.2, 0.25) is 0 Å². The van der Waals surface area contributed by atoms with Crippen LogP contribution in [0.15, 0.2) is 18.5 Å². The van der Waals surface area contributed by atoms with Gasteiger partial charge in [0, 0.05) is 25.4 Å². The molecule has 1 aromatic heterocycles. The third-order valence-electron chi connectivity index (χ3n) is 1.26. The lowest BCUT2D eigenvalue weighted by atomic mass is 10.3. The molecule has 5 heteroatoms. The molecule has 0 atom stereocenters. The van der Waals surface area contributed by atoms with Crippen molar-refractivity contribution in [2.75, 3.05) is 6.54 Å². The molecule has 0 saturated heterocycles. The van der Waals surface area contributed by atoms with Gasteiger partial charge in [-0.25, -0.2) is 0 Å². The minimum atomic E-state index is 0. The van der Waals surface area contributed by atoms with Crippen LogP contribution in [0.5, 0.6) is 0 Å². The molecular formula is C9H11Cl3N2. The Balaban J connectivity index is 0. The lowest BCUT2D eigenvalue weighted by molar-refractivity contribution is 1.03. The second-order valence-corrected chi connectivity index (χ2v) is 2.60. The summed E-state index contributed by atoms with van der Waals surface area (Å²) in [5.41, 5.74) is 6.04. The molecule has 1 aromatic rings. The molecule has 0 bridgehead atoms. The number of aromatic nitrogens is 1. The van der Waals surface area contributed by atoms with Crippen LogP contribution in [-0.4, -0.2) is 11.5 Å². The Kier molecular flexibility index (Phi) is 10.4. The predicted octanol–water partition coefficient (Wildman–Crippen LogP) is 2.28. The number of nitrogens with two attached hydrogens (primary N) is 1. The highest BCUT2D eigenvalue weighted by Gasteiger charge is 1.92. The normalized spacial score (nSPS) is 7.57. The van der Waals surface area contributed by atoms with Crippen molar-refractivity contribution in [2.45, 2.75) is 6.42 Å². The molecule has 0 fully saturated rings. The van der Waals surface area contributed by atoms with Crippen LogP contribution in [0.4, 0.5) is 0 Å². The molecular weight excluding hydrogens is 242 g/mol. The van der Waals surface area contributed by atoms with Gasteiger partial charge in [-0.1, -0.05) is 23.4 Å². The first kappa shape index (κ1) is 16.0. The highest BCUT2D eigenvalue weighted by atomic mass is 35.5. The number of hydrogen-bond donors (Lipinski definition) is 1. The van der Waals surface area contributed by atoms with Crippen molar-refractivity contribution in [3.63, 3.8) is 0 Å². The Bertz CT molecular complexity index is 317. The van der Waals surface area contributed by atoms with Crippen molar-refractivity contribution in [2.24, 2.45) is 5.73 Å². The molecule has 2 nitrogen and oxygen atoms in total. The van der Waals surface area contributed by atoms with Gasteiger partial charge in [0.25, 0.3) is 0 Å². The maximum absolute atomic E-state index is 5.83. The number of halogens is 3. The van der Waals surface area contributed by atoms with Crippen molar-refractivity contribution in [1.82, 2.24) is 4.98 Å². The van der Waals surface area contributed by atoms with E-state index in [1.807, 2.05) is 0 Å². The summed E-state index contributed by atoms with van der Waals surface area (Å²) >= 11 is 5.83. The van der Waals surface area contributed by atoms with E-state index in [2.05, 4.69) is 16.8 Å². The van der Waals surface area contributed by atoms with Crippen LogP contribution in [0.1, 0.15) is 12.0 Å². The first-order valence-electron chi connectivity index (χ1n) is 3.63. The van der Waals surface area contributed by atoms with Gasteiger partial charge in [-0.05, 0) is 6.07 Å². The Morgan fingerprint density at radius 3 is 2.71 bits per heavy atom. The lowest BCUT2D eigenvalue weighted by Gasteiger charge is -1.91. The fourth-order valence-electron chi connectivity index (χ4n) is 0.699. The van der Waals surface area contributed by atoms with Crippen LogP contribution < -0.4 is 5.73 Å². The minimum absolute atomic E-state index is 0. The first-order valence-corrected chi connectivity index (χ1v) is 4.01. The minimum Gasteiger partial charge on any atom is -0.330 e. The summed E-state index contributed by atoms with van der Waals surface area (Å²) in [5, 5.41) is 0.634. The van der Waals surface area contributed by atoms with E-state index < -0.39 is 0 Å². The van der Waals surface area contributed by atoms with Gasteiger partial charge in [-0.3, -0.25) is 4.98 Å². The van der Waals surface area contributed by atoms with Gasteiger partial charge >= 0.3 is 0 Å². The summed E-state index contributed by atoms with van der Waals surface area (Å²) in [6.45, 7) is 0.574. The maximum Gasteiger partial charge on any atom is 0.0615 e. The Morgan fingerprint density at radius 1 is 1.43 bits per heavy atom. The Hall–Kier alpha value is -0.460. The predicted molar refractivity (Wildman–Crippen MR) is 64.3 cm³/mol. The van der Waals surface area contributed by atoms with Gasteiger partial charge in [0.1, 0.15) is 0 Å². The summed E-state index contributed by atoms with van der Waals surface area (Å²) in [5.74, 6) is 5.78. The van der Waals surface area contributed by atoms with Crippen LogP contribution in [0.25, 0.3) is 0 Å². The number of nitrogens with zero attached hydrogens (tertiary/aromatic N) is 1. The molecule has 0 aromatic carbocycles. The lowest BCUT2D eigenvalue weighted by Crippen LogP contribution is -1.95. The quantitative estimate of drug-likeness (QED) is 0.780. The van der Waals surface area contributed by atoms with Gasteiger partial charge in [-0.2, -0.15) is 0 Å². The Morgan fingerprint density at radius 2 is 2.14 bits per heavy atom. The van der Waals surface area contributed by atoms with Crippen LogP contribution in [0, 0.1) is 11.8 Å². The zero-order valence-electron chi connectivity index (χ0n) is 7.37. The third-order valence-corrected chi connectivity index (χ3v) is 1.59. The smallest absolute Gasteiger partial charge is 0.0615 e. The molecule has 2 N–H and O–H groups in total. The average molecular weight is 254 g/mol. The fraction of sp³-hybridized carbons (Fsp3) is 0.222. The number of pyridine rings is 1. The van der Waals surface area contributed by atoms with Crippen molar-refractivity contribution in [3.05, 3.63) is 29.0 Å².